The molecule has 0 aliphatic carbocycles. The van der Waals surface area contributed by atoms with Crippen LogP contribution in [0.2, 0.25) is 0 Å². The van der Waals surface area contributed by atoms with Gasteiger partial charge in [0.15, 0.2) is 0 Å². The van der Waals surface area contributed by atoms with Gasteiger partial charge in [-0.3, -0.25) is 10.1 Å². The molecule has 0 aliphatic rings. The van der Waals surface area contributed by atoms with Gasteiger partial charge in [0.2, 0.25) is 5.82 Å². The van der Waals surface area contributed by atoms with E-state index in [4.69, 9.17) is 0 Å². The van der Waals surface area contributed by atoms with E-state index < -0.39 is 0 Å². The quantitative estimate of drug-likeness (QED) is 0.579. The van der Waals surface area contributed by atoms with Crippen molar-refractivity contribution in [3.8, 4) is 0 Å². The molecule has 1 rings (SSSR count). The Bertz CT molecular complexity index is 425. The van der Waals surface area contributed by atoms with E-state index in [-0.39, 0.29) is 10.6 Å². The topological polar surface area (TPSA) is 73.0 Å². The Morgan fingerprint density at radius 1 is 1.37 bits per heavy atom. The van der Waals surface area contributed by atoms with Crippen molar-refractivity contribution < 1.29 is 4.92 Å². The fraction of sp³-hybridized carbons (Fsp3) is 0.769. The van der Waals surface area contributed by atoms with Crippen LogP contribution in [0.15, 0.2) is 0 Å². The Hall–Kier alpha value is -1.59. The third kappa shape index (κ3) is 3.68. The summed E-state index contributed by atoms with van der Waals surface area (Å²) in [6.45, 7) is 9.44. The molecular weight excluding hydrogens is 244 g/mol. The lowest BCUT2D eigenvalue weighted by molar-refractivity contribution is -0.384. The second kappa shape index (κ2) is 7.11. The molecule has 19 heavy (non-hydrogen) atoms. The molecule has 0 aliphatic heterocycles. The highest BCUT2D eigenvalue weighted by molar-refractivity contribution is 5.59. The smallest absolute Gasteiger partial charge is 0.333 e. The minimum absolute atomic E-state index is 0.111. The summed E-state index contributed by atoms with van der Waals surface area (Å²) in [6.07, 6.45) is 3.04. The fourth-order valence-electron chi connectivity index (χ4n) is 2.16. The lowest BCUT2D eigenvalue weighted by atomic mass is 10.0. The number of nitrogens with zero attached hydrogens (tertiary/aromatic N) is 3. The van der Waals surface area contributed by atoms with Gasteiger partial charge in [-0.25, -0.2) is 4.68 Å². The maximum atomic E-state index is 11.2. The second-order valence-corrected chi connectivity index (χ2v) is 4.83. The van der Waals surface area contributed by atoms with Gasteiger partial charge in [0.05, 0.1) is 4.92 Å². The third-order valence-electron chi connectivity index (χ3n) is 3.43. The molecule has 0 atom stereocenters. The van der Waals surface area contributed by atoms with Crippen molar-refractivity contribution in [3.05, 3.63) is 15.8 Å². The van der Waals surface area contributed by atoms with Gasteiger partial charge in [0.1, 0.15) is 5.69 Å². The first kappa shape index (κ1) is 15.5. The van der Waals surface area contributed by atoms with Gasteiger partial charge in [-0.05, 0) is 19.3 Å². The Morgan fingerprint density at radius 3 is 2.47 bits per heavy atom. The van der Waals surface area contributed by atoms with Crippen LogP contribution in [0.25, 0.3) is 0 Å². The van der Waals surface area contributed by atoms with Crippen molar-refractivity contribution in [2.45, 2.75) is 53.5 Å². The Kier molecular flexibility index (Phi) is 5.79. The molecular formula is C13H24N4O2. The summed E-state index contributed by atoms with van der Waals surface area (Å²) < 4.78 is 1.72. The van der Waals surface area contributed by atoms with E-state index in [9.17, 15) is 10.1 Å². The molecule has 0 saturated carbocycles. The van der Waals surface area contributed by atoms with Crippen LogP contribution in [-0.4, -0.2) is 21.2 Å². The van der Waals surface area contributed by atoms with Crippen molar-refractivity contribution in [1.29, 1.82) is 0 Å². The summed E-state index contributed by atoms with van der Waals surface area (Å²) in [7, 11) is 0. The zero-order valence-corrected chi connectivity index (χ0v) is 12.3. The molecule has 0 amide bonds. The standard InChI is InChI=1S/C13H24N4O2/c1-5-8-16-13(14-9-11(6-2)7-3)12(17(18)19)10(4)15-16/h11,14H,5-9H2,1-4H3. The monoisotopic (exact) mass is 268 g/mol. The molecule has 0 radical (unpaired) electrons. The fourth-order valence-corrected chi connectivity index (χ4v) is 2.16. The zero-order chi connectivity index (χ0) is 14.4. The first-order chi connectivity index (χ1) is 9.04. The molecule has 108 valence electrons. The highest BCUT2D eigenvalue weighted by Gasteiger charge is 2.25. The van der Waals surface area contributed by atoms with Crippen LogP contribution >= 0.6 is 0 Å². The molecule has 0 unspecified atom stereocenters. The highest BCUT2D eigenvalue weighted by atomic mass is 16.6. The van der Waals surface area contributed by atoms with Crippen LogP contribution in [-0.2, 0) is 6.54 Å². The van der Waals surface area contributed by atoms with Crippen LogP contribution < -0.4 is 5.32 Å². The average molecular weight is 268 g/mol. The van der Waals surface area contributed by atoms with Crippen molar-refractivity contribution in [1.82, 2.24) is 9.78 Å². The summed E-state index contributed by atoms with van der Waals surface area (Å²) in [4.78, 5) is 10.8. The number of hydrogen-bond acceptors (Lipinski definition) is 4. The molecule has 0 saturated heterocycles. The van der Waals surface area contributed by atoms with Crippen LogP contribution in [0.1, 0.15) is 45.7 Å². The van der Waals surface area contributed by atoms with E-state index in [0.29, 0.717) is 24.0 Å². The minimum atomic E-state index is -0.344. The summed E-state index contributed by atoms with van der Waals surface area (Å²) in [5.41, 5.74) is 0.588. The normalized spacial score (nSPS) is 11.0. The molecule has 0 spiro atoms. The van der Waals surface area contributed by atoms with Crippen LogP contribution in [0.5, 0.6) is 0 Å². The number of nitro groups is 1. The number of aromatic nitrogens is 2. The predicted octanol–water partition coefficient (Wildman–Crippen LogP) is 3.36. The first-order valence-corrected chi connectivity index (χ1v) is 7.00. The molecule has 1 heterocycles. The van der Waals surface area contributed by atoms with E-state index in [1.54, 1.807) is 11.6 Å². The van der Waals surface area contributed by atoms with Gasteiger partial charge in [-0.2, -0.15) is 5.10 Å². The molecule has 0 bridgehead atoms. The van der Waals surface area contributed by atoms with E-state index in [1.807, 2.05) is 6.92 Å². The predicted molar refractivity (Wildman–Crippen MR) is 76.5 cm³/mol. The van der Waals surface area contributed by atoms with E-state index in [2.05, 4.69) is 24.3 Å². The third-order valence-corrected chi connectivity index (χ3v) is 3.43. The van der Waals surface area contributed by atoms with Gasteiger partial charge >= 0.3 is 5.69 Å². The van der Waals surface area contributed by atoms with Gasteiger partial charge in [-0.15, -0.1) is 0 Å². The minimum Gasteiger partial charge on any atom is -0.364 e. The van der Waals surface area contributed by atoms with Gasteiger partial charge in [0, 0.05) is 13.1 Å². The van der Waals surface area contributed by atoms with Crippen molar-refractivity contribution in [2.24, 2.45) is 5.92 Å². The number of aryl methyl sites for hydroxylation is 2. The highest BCUT2D eigenvalue weighted by Crippen LogP contribution is 2.28. The van der Waals surface area contributed by atoms with Gasteiger partial charge < -0.3 is 5.32 Å². The number of hydrogen-bond donors (Lipinski definition) is 1. The first-order valence-electron chi connectivity index (χ1n) is 7.00. The summed E-state index contributed by atoms with van der Waals surface area (Å²) in [6, 6.07) is 0. The molecule has 6 heteroatoms. The number of anilines is 1. The van der Waals surface area contributed by atoms with Crippen molar-refractivity contribution in [2.75, 3.05) is 11.9 Å². The van der Waals surface area contributed by atoms with Gasteiger partial charge in [-0.1, -0.05) is 33.6 Å². The molecule has 6 nitrogen and oxygen atoms in total. The summed E-state index contributed by atoms with van der Waals surface area (Å²) >= 11 is 0. The molecule has 1 aromatic rings. The Labute approximate surface area is 114 Å². The zero-order valence-electron chi connectivity index (χ0n) is 12.3. The maximum absolute atomic E-state index is 11.2. The largest absolute Gasteiger partial charge is 0.364 e. The summed E-state index contributed by atoms with van der Waals surface area (Å²) in [5, 5.41) is 18.6. The molecule has 0 aromatic carbocycles. The summed E-state index contributed by atoms with van der Waals surface area (Å²) in [5.74, 6) is 1.08. The van der Waals surface area contributed by atoms with Crippen molar-refractivity contribution in [3.63, 3.8) is 0 Å². The van der Waals surface area contributed by atoms with E-state index in [1.165, 1.54) is 0 Å². The number of rotatable bonds is 8. The lowest BCUT2D eigenvalue weighted by Gasteiger charge is -2.14. The SMILES string of the molecule is CCCn1nc(C)c([N+](=O)[O-])c1NCC(CC)CC. The maximum Gasteiger partial charge on any atom is 0.333 e. The van der Waals surface area contributed by atoms with Crippen LogP contribution in [0, 0.1) is 23.0 Å². The Morgan fingerprint density at radius 2 is 2.00 bits per heavy atom. The van der Waals surface area contributed by atoms with Crippen LogP contribution in [0.3, 0.4) is 0 Å². The number of nitrogens with one attached hydrogen (secondary N) is 1. The van der Waals surface area contributed by atoms with E-state index in [0.717, 1.165) is 25.8 Å². The lowest BCUT2D eigenvalue weighted by Crippen LogP contribution is -2.16. The Balaban J connectivity index is 2.97. The van der Waals surface area contributed by atoms with Crippen LogP contribution in [0.4, 0.5) is 11.5 Å². The second-order valence-electron chi connectivity index (χ2n) is 4.83. The molecule has 0 fully saturated rings. The molecule has 1 N–H and O–H groups in total. The van der Waals surface area contributed by atoms with Crippen molar-refractivity contribution >= 4 is 11.5 Å². The molecule has 1 aromatic heterocycles. The van der Waals surface area contributed by atoms with E-state index >= 15 is 0 Å². The van der Waals surface area contributed by atoms with Gasteiger partial charge in [0.25, 0.3) is 0 Å². The average Bonchev–Trinajstić information content (AvgIpc) is 2.67.